The Hall–Kier alpha value is -3.80. The lowest BCUT2D eigenvalue weighted by Crippen LogP contribution is -2.16. The number of carboxylic acids is 1. The highest BCUT2D eigenvalue weighted by molar-refractivity contribution is 6.01. The summed E-state index contributed by atoms with van der Waals surface area (Å²) >= 11 is 0. The summed E-state index contributed by atoms with van der Waals surface area (Å²) in [7, 11) is 1.67. The molecule has 0 aliphatic rings. The van der Waals surface area contributed by atoms with E-state index in [-0.39, 0.29) is 22.2 Å². The molecule has 0 fully saturated rings. The Morgan fingerprint density at radius 1 is 1.06 bits per heavy atom. The number of benzene rings is 2. The minimum Gasteiger partial charge on any atom is -0.477 e. The van der Waals surface area contributed by atoms with Crippen LogP contribution in [0.1, 0.15) is 42.4 Å². The number of aryl methyl sites for hydroxylation is 1. The number of carbonyl (C=O) groups is 1. The van der Waals surface area contributed by atoms with Gasteiger partial charge in [-0.1, -0.05) is 45.0 Å². The number of anilines is 2. The normalized spacial score (nSPS) is 11.7. The lowest BCUT2D eigenvalue weighted by molar-refractivity contribution is 0.0691. The van der Waals surface area contributed by atoms with Gasteiger partial charge in [0.1, 0.15) is 11.2 Å². The van der Waals surface area contributed by atoms with E-state index >= 15 is 0 Å². The molecule has 0 radical (unpaired) electrons. The molecule has 0 amide bonds. The molecule has 4 aromatic rings. The highest BCUT2D eigenvalue weighted by Crippen LogP contribution is 2.34. The number of H-pyrrole nitrogens is 1. The fraction of sp³-hybridized carbons (Fsp3) is 0.231. The number of nitrogens with zero attached hydrogens (tertiary/aromatic N) is 1. The molecule has 2 aromatic heterocycles. The Balaban J connectivity index is 1.79. The molecule has 6 heteroatoms. The maximum absolute atomic E-state index is 12.6. The van der Waals surface area contributed by atoms with Gasteiger partial charge < -0.3 is 20.0 Å². The summed E-state index contributed by atoms with van der Waals surface area (Å²) in [4.78, 5) is 26.8. The number of rotatable bonds is 4. The van der Waals surface area contributed by atoms with E-state index in [1.165, 1.54) is 16.2 Å². The van der Waals surface area contributed by atoms with Gasteiger partial charge in [0, 0.05) is 35.6 Å². The van der Waals surface area contributed by atoms with Crippen LogP contribution in [0.2, 0.25) is 0 Å². The van der Waals surface area contributed by atoms with Crippen molar-refractivity contribution in [3.05, 3.63) is 81.9 Å². The molecule has 0 saturated carbocycles. The first-order valence-corrected chi connectivity index (χ1v) is 10.5. The highest BCUT2D eigenvalue weighted by atomic mass is 16.4. The zero-order valence-electron chi connectivity index (χ0n) is 18.9. The van der Waals surface area contributed by atoms with E-state index in [1.54, 1.807) is 13.2 Å². The first kappa shape index (κ1) is 21.4. The second kappa shape index (κ2) is 7.71. The first-order chi connectivity index (χ1) is 15.1. The van der Waals surface area contributed by atoms with Crippen LogP contribution in [0.5, 0.6) is 0 Å². The van der Waals surface area contributed by atoms with E-state index in [1.807, 2.05) is 25.1 Å². The summed E-state index contributed by atoms with van der Waals surface area (Å²) in [6, 6.07) is 15.9. The molecule has 6 nitrogen and oxygen atoms in total. The van der Waals surface area contributed by atoms with E-state index in [0.717, 1.165) is 28.1 Å². The molecule has 0 bridgehead atoms. The Bertz CT molecular complexity index is 1390. The van der Waals surface area contributed by atoms with Gasteiger partial charge in [-0.2, -0.15) is 0 Å². The SMILES string of the molecule is Cc1c(Nc2ccc(C(C)(C)C)cc2)cccc1-c1cn(C)c(=O)c2[nH]c(C(=O)O)cc12. The molecule has 0 unspecified atom stereocenters. The molecule has 0 aliphatic carbocycles. The maximum atomic E-state index is 12.6. The van der Waals surface area contributed by atoms with Crippen molar-refractivity contribution in [3.63, 3.8) is 0 Å². The first-order valence-electron chi connectivity index (χ1n) is 10.5. The van der Waals surface area contributed by atoms with Crippen molar-refractivity contribution < 1.29 is 9.90 Å². The number of pyridine rings is 1. The summed E-state index contributed by atoms with van der Waals surface area (Å²) < 4.78 is 1.48. The van der Waals surface area contributed by atoms with E-state index in [9.17, 15) is 14.7 Å². The summed E-state index contributed by atoms with van der Waals surface area (Å²) in [5.74, 6) is -1.10. The van der Waals surface area contributed by atoms with Gasteiger partial charge in [-0.15, -0.1) is 0 Å². The van der Waals surface area contributed by atoms with Crippen molar-refractivity contribution in [2.75, 3.05) is 5.32 Å². The molecular formula is C26H27N3O3. The smallest absolute Gasteiger partial charge is 0.352 e. The minimum atomic E-state index is -1.10. The molecular weight excluding hydrogens is 402 g/mol. The fourth-order valence-electron chi connectivity index (χ4n) is 3.94. The number of nitrogens with one attached hydrogen (secondary N) is 2. The summed E-state index contributed by atoms with van der Waals surface area (Å²) in [5, 5.41) is 13.5. The van der Waals surface area contributed by atoms with Gasteiger partial charge in [0.25, 0.3) is 5.56 Å². The second-order valence-electron chi connectivity index (χ2n) is 9.17. The van der Waals surface area contributed by atoms with E-state index in [2.05, 4.69) is 55.3 Å². The number of aromatic nitrogens is 2. The average Bonchev–Trinajstić information content (AvgIpc) is 3.18. The van der Waals surface area contributed by atoms with Crippen molar-refractivity contribution in [1.29, 1.82) is 0 Å². The third kappa shape index (κ3) is 3.80. The van der Waals surface area contributed by atoms with Crippen molar-refractivity contribution in [1.82, 2.24) is 9.55 Å². The second-order valence-corrected chi connectivity index (χ2v) is 9.17. The van der Waals surface area contributed by atoms with Gasteiger partial charge in [-0.05, 0) is 53.3 Å². The van der Waals surface area contributed by atoms with Crippen molar-refractivity contribution in [2.45, 2.75) is 33.1 Å². The van der Waals surface area contributed by atoms with E-state index in [0.29, 0.717) is 5.39 Å². The number of aromatic amines is 1. The molecule has 2 aromatic carbocycles. The monoisotopic (exact) mass is 429 g/mol. The van der Waals surface area contributed by atoms with Gasteiger partial charge in [0.2, 0.25) is 0 Å². The van der Waals surface area contributed by atoms with Crippen molar-refractivity contribution in [3.8, 4) is 11.1 Å². The highest BCUT2D eigenvalue weighted by Gasteiger charge is 2.18. The third-order valence-corrected chi connectivity index (χ3v) is 5.85. The van der Waals surface area contributed by atoms with Gasteiger partial charge in [0.15, 0.2) is 0 Å². The lowest BCUT2D eigenvalue weighted by atomic mass is 9.87. The zero-order valence-corrected chi connectivity index (χ0v) is 18.9. The van der Waals surface area contributed by atoms with Crippen LogP contribution >= 0.6 is 0 Å². The number of aromatic carboxylic acids is 1. The molecule has 2 heterocycles. The Labute approximate surface area is 186 Å². The number of hydrogen-bond donors (Lipinski definition) is 3. The summed E-state index contributed by atoms with van der Waals surface area (Å²) in [6.45, 7) is 8.58. The summed E-state index contributed by atoms with van der Waals surface area (Å²) in [6.07, 6.45) is 1.76. The van der Waals surface area contributed by atoms with Crippen LogP contribution in [0.15, 0.2) is 59.5 Å². The molecule has 4 rings (SSSR count). The number of hydrogen-bond acceptors (Lipinski definition) is 3. The van der Waals surface area contributed by atoms with Crippen LogP contribution < -0.4 is 10.9 Å². The molecule has 0 saturated heterocycles. The van der Waals surface area contributed by atoms with Crippen LogP contribution in [0.4, 0.5) is 11.4 Å². The van der Waals surface area contributed by atoms with Crippen LogP contribution in [0, 0.1) is 6.92 Å². The third-order valence-electron chi connectivity index (χ3n) is 5.85. The molecule has 3 N–H and O–H groups in total. The fourth-order valence-corrected chi connectivity index (χ4v) is 3.94. The van der Waals surface area contributed by atoms with Crippen LogP contribution in [0.3, 0.4) is 0 Å². The molecule has 164 valence electrons. The predicted octanol–water partition coefficient (Wildman–Crippen LogP) is 5.58. The standard InChI is InChI=1S/C26H27N3O3/c1-15-18(20-14-29(5)24(30)23-19(20)13-22(28-23)25(31)32)7-6-8-21(15)27-17-11-9-16(10-12-17)26(2,3)4/h6-14,27-28H,1-5H3,(H,31,32). The maximum Gasteiger partial charge on any atom is 0.352 e. The van der Waals surface area contributed by atoms with Gasteiger partial charge in [-0.25, -0.2) is 4.79 Å². The van der Waals surface area contributed by atoms with E-state index in [4.69, 9.17) is 0 Å². The zero-order chi connectivity index (χ0) is 23.2. The van der Waals surface area contributed by atoms with Crippen LogP contribution in [0.25, 0.3) is 22.0 Å². The number of carboxylic acid groups (broad SMARTS) is 1. The molecule has 0 spiro atoms. The lowest BCUT2D eigenvalue weighted by Gasteiger charge is -2.20. The Kier molecular flexibility index (Phi) is 5.17. The van der Waals surface area contributed by atoms with Crippen LogP contribution in [-0.2, 0) is 12.5 Å². The Morgan fingerprint density at radius 2 is 1.75 bits per heavy atom. The summed E-state index contributed by atoms with van der Waals surface area (Å²) in [5.41, 5.74) is 6.05. The Morgan fingerprint density at radius 3 is 2.38 bits per heavy atom. The predicted molar refractivity (Wildman–Crippen MR) is 129 cm³/mol. The molecule has 0 aliphatic heterocycles. The average molecular weight is 430 g/mol. The van der Waals surface area contributed by atoms with Crippen molar-refractivity contribution in [2.24, 2.45) is 7.05 Å². The quantitative estimate of drug-likeness (QED) is 0.395. The topological polar surface area (TPSA) is 87.1 Å². The van der Waals surface area contributed by atoms with Crippen LogP contribution in [-0.4, -0.2) is 20.6 Å². The van der Waals surface area contributed by atoms with Gasteiger partial charge >= 0.3 is 5.97 Å². The van der Waals surface area contributed by atoms with Gasteiger partial charge in [0.05, 0.1) is 0 Å². The van der Waals surface area contributed by atoms with Crippen molar-refractivity contribution >= 4 is 28.2 Å². The number of fused-ring (bicyclic) bond motifs is 1. The largest absolute Gasteiger partial charge is 0.477 e. The molecule has 0 atom stereocenters. The molecule has 32 heavy (non-hydrogen) atoms. The van der Waals surface area contributed by atoms with Gasteiger partial charge in [-0.3, -0.25) is 4.79 Å². The minimum absolute atomic E-state index is 0.00424. The van der Waals surface area contributed by atoms with E-state index < -0.39 is 5.97 Å².